The van der Waals surface area contributed by atoms with Crippen molar-refractivity contribution in [3.8, 4) is 5.75 Å². The van der Waals surface area contributed by atoms with E-state index in [-0.39, 0.29) is 0 Å². The van der Waals surface area contributed by atoms with E-state index in [0.29, 0.717) is 11.8 Å². The third kappa shape index (κ3) is 3.70. The van der Waals surface area contributed by atoms with E-state index in [4.69, 9.17) is 9.47 Å². The maximum Gasteiger partial charge on any atom is 0.229 e. The number of benzene rings is 1. The van der Waals surface area contributed by atoms with E-state index in [0.717, 1.165) is 18.5 Å². The molecule has 154 valence electrons. The predicted octanol–water partition coefficient (Wildman–Crippen LogP) is 0.507. The molecule has 1 aromatic rings. The quantitative estimate of drug-likeness (QED) is 0.593. The molecule has 0 aliphatic carbocycles. The van der Waals surface area contributed by atoms with Crippen molar-refractivity contribution in [3.05, 3.63) is 35.4 Å². The lowest BCUT2D eigenvalue weighted by Gasteiger charge is -2.39. The Labute approximate surface area is 164 Å². The fraction of sp³-hybridized carbons (Fsp3) is 0.619. The van der Waals surface area contributed by atoms with Crippen molar-refractivity contribution in [1.82, 2.24) is 4.90 Å². The number of ether oxygens (including phenoxy) is 2. The number of hydrogen-bond acceptors (Lipinski definition) is 7. The van der Waals surface area contributed by atoms with Gasteiger partial charge in [0.25, 0.3) is 0 Å². The van der Waals surface area contributed by atoms with Crippen LogP contribution in [0.25, 0.3) is 5.57 Å². The highest BCUT2D eigenvalue weighted by Gasteiger charge is 2.44. The third-order valence-electron chi connectivity index (χ3n) is 6.22. The summed E-state index contributed by atoms with van der Waals surface area (Å²) in [5.41, 5.74) is 3.95. The molecule has 3 aliphatic heterocycles. The molecular formula is C21H29NO6. The molecule has 3 heterocycles. The highest BCUT2D eigenvalue weighted by atomic mass is 16.7. The van der Waals surface area contributed by atoms with E-state index in [9.17, 15) is 20.4 Å². The third-order valence-corrected chi connectivity index (χ3v) is 6.22. The van der Waals surface area contributed by atoms with Gasteiger partial charge in [0.15, 0.2) is 0 Å². The maximum absolute atomic E-state index is 10.1. The Balaban J connectivity index is 1.46. The van der Waals surface area contributed by atoms with Gasteiger partial charge < -0.3 is 29.9 Å². The highest BCUT2D eigenvalue weighted by molar-refractivity contribution is 5.71. The Kier molecular flexibility index (Phi) is 5.73. The minimum absolute atomic E-state index is 0.478. The summed E-state index contributed by atoms with van der Waals surface area (Å²) in [7, 11) is 0. The molecule has 2 saturated heterocycles. The lowest BCUT2D eigenvalue weighted by molar-refractivity contribution is -0.277. The maximum atomic E-state index is 10.1. The molecular weight excluding hydrogens is 362 g/mol. The van der Waals surface area contributed by atoms with E-state index in [1.165, 1.54) is 30.5 Å². The number of rotatable bonds is 4. The van der Waals surface area contributed by atoms with Crippen LogP contribution in [0.4, 0.5) is 0 Å². The smallest absolute Gasteiger partial charge is 0.229 e. The van der Waals surface area contributed by atoms with Crippen LogP contribution >= 0.6 is 0 Å². The van der Waals surface area contributed by atoms with Crippen molar-refractivity contribution < 1.29 is 29.9 Å². The molecule has 0 saturated carbocycles. The monoisotopic (exact) mass is 391 g/mol. The van der Waals surface area contributed by atoms with Crippen LogP contribution in [-0.4, -0.2) is 81.8 Å². The van der Waals surface area contributed by atoms with Gasteiger partial charge in [-0.3, -0.25) is 4.90 Å². The van der Waals surface area contributed by atoms with Crippen molar-refractivity contribution in [2.75, 3.05) is 19.7 Å². The van der Waals surface area contributed by atoms with E-state index in [1.807, 2.05) is 24.3 Å². The molecule has 28 heavy (non-hydrogen) atoms. The molecule has 0 spiro atoms. The fourth-order valence-corrected chi connectivity index (χ4v) is 4.52. The van der Waals surface area contributed by atoms with Crippen molar-refractivity contribution in [3.63, 3.8) is 0 Å². The Morgan fingerprint density at radius 2 is 1.86 bits per heavy atom. The molecule has 0 bridgehead atoms. The Morgan fingerprint density at radius 3 is 2.57 bits per heavy atom. The predicted molar refractivity (Wildman–Crippen MR) is 103 cm³/mol. The second kappa shape index (κ2) is 8.10. The van der Waals surface area contributed by atoms with Crippen LogP contribution in [0.15, 0.2) is 29.8 Å². The molecule has 6 atom stereocenters. The molecule has 7 heteroatoms. The van der Waals surface area contributed by atoms with E-state index in [2.05, 4.69) is 11.8 Å². The van der Waals surface area contributed by atoms with Gasteiger partial charge in [-0.1, -0.05) is 17.7 Å². The van der Waals surface area contributed by atoms with Gasteiger partial charge in [0, 0.05) is 12.6 Å². The summed E-state index contributed by atoms with van der Waals surface area (Å²) >= 11 is 0. The summed E-state index contributed by atoms with van der Waals surface area (Å²) in [6.45, 7) is 3.88. The van der Waals surface area contributed by atoms with Crippen LogP contribution in [0.3, 0.4) is 0 Å². The van der Waals surface area contributed by atoms with Crippen molar-refractivity contribution in [1.29, 1.82) is 0 Å². The standard InChI is InChI=1S/C21H29NO6/c1-12-9-14-3-2-8-22(14)10-16(12)13-4-6-15(7-5-13)27-21-20(26)19(25)18(24)17(11-23)28-21/h4-7,14,17-21,23-26H,2-3,8-11H2,1H3/t14?,17-,18-,19+,20-,21-/m1/s1. The number of fused-ring (bicyclic) bond motifs is 1. The minimum Gasteiger partial charge on any atom is -0.462 e. The van der Waals surface area contributed by atoms with Gasteiger partial charge in [0.1, 0.15) is 30.2 Å². The van der Waals surface area contributed by atoms with Gasteiger partial charge in [0.2, 0.25) is 6.29 Å². The minimum atomic E-state index is -1.45. The molecule has 4 N–H and O–H groups in total. The van der Waals surface area contributed by atoms with Crippen LogP contribution < -0.4 is 4.74 Å². The molecule has 1 aromatic carbocycles. The normalized spacial score (nSPS) is 36.5. The molecule has 3 aliphatic rings. The summed E-state index contributed by atoms with van der Waals surface area (Å²) in [6.07, 6.45) is -2.70. The summed E-state index contributed by atoms with van der Waals surface area (Å²) in [6, 6.07) is 8.31. The van der Waals surface area contributed by atoms with Gasteiger partial charge >= 0.3 is 0 Å². The summed E-state index contributed by atoms with van der Waals surface area (Å²) in [5, 5.41) is 39.1. The number of aliphatic hydroxyl groups is 4. The topological polar surface area (TPSA) is 103 Å². The summed E-state index contributed by atoms with van der Waals surface area (Å²) in [5.74, 6) is 0.487. The first kappa shape index (κ1) is 19.8. The second-order valence-corrected chi connectivity index (χ2v) is 8.07. The largest absolute Gasteiger partial charge is 0.462 e. The Morgan fingerprint density at radius 1 is 1.11 bits per heavy atom. The Hall–Kier alpha value is -1.48. The summed E-state index contributed by atoms with van der Waals surface area (Å²) in [4.78, 5) is 2.56. The van der Waals surface area contributed by atoms with Crippen molar-refractivity contribution in [2.24, 2.45) is 0 Å². The van der Waals surface area contributed by atoms with Crippen LogP contribution in [0, 0.1) is 0 Å². The second-order valence-electron chi connectivity index (χ2n) is 8.07. The SMILES string of the molecule is CC1=C(c2ccc(O[C@@H]3O[C@H](CO)[C@@H](O)[C@H](O)[C@H]3O)cc2)CN2CCCC2C1. The first-order valence-electron chi connectivity index (χ1n) is 9.98. The molecule has 2 fully saturated rings. The van der Waals surface area contributed by atoms with E-state index >= 15 is 0 Å². The van der Waals surface area contributed by atoms with Crippen LogP contribution in [0.1, 0.15) is 31.7 Å². The van der Waals surface area contributed by atoms with Gasteiger partial charge in [-0.05, 0) is 56.0 Å². The lowest BCUT2D eigenvalue weighted by atomic mass is 9.91. The highest BCUT2D eigenvalue weighted by Crippen LogP contribution is 2.35. The zero-order chi connectivity index (χ0) is 19.8. The fourth-order valence-electron chi connectivity index (χ4n) is 4.52. The molecule has 0 radical (unpaired) electrons. The van der Waals surface area contributed by atoms with E-state index < -0.39 is 37.3 Å². The van der Waals surface area contributed by atoms with Crippen molar-refractivity contribution in [2.45, 2.75) is 62.9 Å². The lowest BCUT2D eigenvalue weighted by Crippen LogP contribution is -2.60. The number of hydrogen-bond donors (Lipinski definition) is 4. The summed E-state index contributed by atoms with van der Waals surface area (Å²) < 4.78 is 11.1. The molecule has 0 amide bonds. The number of nitrogens with zero attached hydrogens (tertiary/aromatic N) is 1. The average molecular weight is 391 g/mol. The first-order chi connectivity index (χ1) is 13.5. The number of aliphatic hydroxyl groups excluding tert-OH is 4. The van der Waals surface area contributed by atoms with Crippen LogP contribution in [0.2, 0.25) is 0 Å². The van der Waals surface area contributed by atoms with E-state index in [1.54, 1.807) is 0 Å². The molecule has 7 nitrogen and oxygen atoms in total. The van der Waals surface area contributed by atoms with Crippen LogP contribution in [0.5, 0.6) is 5.75 Å². The molecule has 0 aromatic heterocycles. The average Bonchev–Trinajstić information content (AvgIpc) is 3.15. The Bertz CT molecular complexity index is 718. The zero-order valence-corrected chi connectivity index (χ0v) is 16.1. The van der Waals surface area contributed by atoms with Crippen LogP contribution in [-0.2, 0) is 4.74 Å². The molecule has 4 rings (SSSR count). The molecule has 1 unspecified atom stereocenters. The van der Waals surface area contributed by atoms with Gasteiger partial charge in [-0.2, -0.15) is 0 Å². The zero-order valence-electron chi connectivity index (χ0n) is 16.1. The van der Waals surface area contributed by atoms with Gasteiger partial charge in [0.05, 0.1) is 6.61 Å². The van der Waals surface area contributed by atoms with Crippen molar-refractivity contribution >= 4 is 5.57 Å². The first-order valence-corrected chi connectivity index (χ1v) is 9.98. The van der Waals surface area contributed by atoms with Gasteiger partial charge in [-0.15, -0.1) is 0 Å². The van der Waals surface area contributed by atoms with Gasteiger partial charge in [-0.25, -0.2) is 0 Å².